The number of halogens is 1. The van der Waals surface area contributed by atoms with Crippen LogP contribution in [0.15, 0.2) is 30.5 Å². The zero-order valence-corrected chi connectivity index (χ0v) is 14.3. The Labute approximate surface area is 149 Å². The van der Waals surface area contributed by atoms with E-state index in [1.54, 1.807) is 25.3 Å². The molecule has 1 aliphatic heterocycles. The van der Waals surface area contributed by atoms with E-state index in [4.69, 9.17) is 9.84 Å². The topological polar surface area (TPSA) is 93.5 Å². The molecule has 1 aromatic heterocycles. The summed E-state index contributed by atoms with van der Waals surface area (Å²) in [6, 6.07) is 5.53. The van der Waals surface area contributed by atoms with E-state index in [2.05, 4.69) is 10.4 Å². The molecule has 1 aliphatic rings. The SMILES string of the molecule is Cc1nn(-c2ccc(F)cc2)cc1C(=O)NC1CCOCC1CC(=O)O. The first-order chi connectivity index (χ1) is 12.4. The number of carboxylic acid groups (broad SMARTS) is 1. The minimum absolute atomic E-state index is 0.0568. The van der Waals surface area contributed by atoms with Gasteiger partial charge in [-0.2, -0.15) is 5.10 Å². The summed E-state index contributed by atoms with van der Waals surface area (Å²) in [5.41, 5.74) is 1.58. The lowest BCUT2D eigenvalue weighted by atomic mass is 9.92. The summed E-state index contributed by atoms with van der Waals surface area (Å²) in [6.07, 6.45) is 2.09. The highest BCUT2D eigenvalue weighted by Gasteiger charge is 2.30. The number of carbonyl (C=O) groups is 2. The van der Waals surface area contributed by atoms with Crippen LogP contribution in [-0.2, 0) is 9.53 Å². The molecule has 1 amide bonds. The van der Waals surface area contributed by atoms with Crippen LogP contribution in [0.4, 0.5) is 4.39 Å². The molecule has 2 N–H and O–H groups in total. The van der Waals surface area contributed by atoms with E-state index in [9.17, 15) is 14.0 Å². The second-order valence-corrected chi connectivity index (χ2v) is 6.35. The number of rotatable bonds is 5. The maximum atomic E-state index is 13.1. The van der Waals surface area contributed by atoms with Gasteiger partial charge in [-0.3, -0.25) is 9.59 Å². The zero-order chi connectivity index (χ0) is 18.7. The molecule has 8 heteroatoms. The number of aromatic nitrogens is 2. The van der Waals surface area contributed by atoms with Crippen LogP contribution in [0.25, 0.3) is 5.69 Å². The van der Waals surface area contributed by atoms with Gasteiger partial charge in [-0.05, 0) is 37.6 Å². The maximum absolute atomic E-state index is 13.1. The fraction of sp³-hybridized carbons (Fsp3) is 0.389. The number of benzene rings is 1. The van der Waals surface area contributed by atoms with Crippen molar-refractivity contribution in [1.82, 2.24) is 15.1 Å². The van der Waals surface area contributed by atoms with Crippen molar-refractivity contribution in [1.29, 1.82) is 0 Å². The quantitative estimate of drug-likeness (QED) is 0.849. The van der Waals surface area contributed by atoms with E-state index in [1.165, 1.54) is 16.8 Å². The molecule has 26 heavy (non-hydrogen) atoms. The van der Waals surface area contributed by atoms with Gasteiger partial charge in [0.05, 0.1) is 30.0 Å². The molecule has 2 heterocycles. The summed E-state index contributed by atoms with van der Waals surface area (Å²) in [4.78, 5) is 23.6. The van der Waals surface area contributed by atoms with Crippen molar-refractivity contribution in [3.63, 3.8) is 0 Å². The van der Waals surface area contributed by atoms with Gasteiger partial charge < -0.3 is 15.2 Å². The van der Waals surface area contributed by atoms with Crippen LogP contribution in [0.1, 0.15) is 28.9 Å². The van der Waals surface area contributed by atoms with Gasteiger partial charge in [0, 0.05) is 24.8 Å². The first kappa shape index (κ1) is 18.1. The predicted octanol–water partition coefficient (Wildman–Crippen LogP) is 1.93. The monoisotopic (exact) mass is 361 g/mol. The normalized spacial score (nSPS) is 19.9. The number of aliphatic carboxylic acids is 1. The van der Waals surface area contributed by atoms with Crippen molar-refractivity contribution in [2.75, 3.05) is 13.2 Å². The zero-order valence-electron chi connectivity index (χ0n) is 14.3. The van der Waals surface area contributed by atoms with Gasteiger partial charge >= 0.3 is 5.97 Å². The molecule has 2 atom stereocenters. The standard InChI is InChI=1S/C18H20FN3O4/c1-11-15(9-22(21-11)14-4-2-13(19)3-5-14)18(25)20-16-6-7-26-10-12(16)8-17(23)24/h2-5,9,12,16H,6-8,10H2,1H3,(H,20,25)(H,23,24). The molecule has 3 rings (SSSR count). The summed E-state index contributed by atoms with van der Waals surface area (Å²) >= 11 is 0. The van der Waals surface area contributed by atoms with Crippen molar-refractivity contribution < 1.29 is 23.8 Å². The lowest BCUT2D eigenvalue weighted by Crippen LogP contribution is -2.46. The van der Waals surface area contributed by atoms with Gasteiger partial charge in [0.25, 0.3) is 5.91 Å². The lowest BCUT2D eigenvalue weighted by Gasteiger charge is -2.31. The number of hydrogen-bond acceptors (Lipinski definition) is 4. The molecule has 0 aliphatic carbocycles. The minimum Gasteiger partial charge on any atom is -0.481 e. The van der Waals surface area contributed by atoms with Gasteiger partial charge in [-0.15, -0.1) is 0 Å². The third-order valence-electron chi connectivity index (χ3n) is 4.46. The molecule has 2 unspecified atom stereocenters. The highest BCUT2D eigenvalue weighted by atomic mass is 19.1. The Balaban J connectivity index is 1.75. The van der Waals surface area contributed by atoms with E-state index >= 15 is 0 Å². The second-order valence-electron chi connectivity index (χ2n) is 6.35. The van der Waals surface area contributed by atoms with Gasteiger partial charge in [0.2, 0.25) is 0 Å². The maximum Gasteiger partial charge on any atom is 0.303 e. The Morgan fingerprint density at radius 1 is 1.38 bits per heavy atom. The Morgan fingerprint density at radius 2 is 2.12 bits per heavy atom. The van der Waals surface area contributed by atoms with Crippen molar-refractivity contribution in [3.8, 4) is 5.69 Å². The van der Waals surface area contributed by atoms with Crippen molar-refractivity contribution in [2.24, 2.45) is 5.92 Å². The highest BCUT2D eigenvalue weighted by molar-refractivity contribution is 5.95. The molecule has 2 aromatic rings. The average molecular weight is 361 g/mol. The van der Waals surface area contributed by atoms with E-state index < -0.39 is 5.97 Å². The molecule has 1 aromatic carbocycles. The summed E-state index contributed by atoms with van der Waals surface area (Å²) < 4.78 is 19.9. The number of nitrogens with one attached hydrogen (secondary N) is 1. The second kappa shape index (κ2) is 7.65. The highest BCUT2D eigenvalue weighted by Crippen LogP contribution is 2.20. The smallest absolute Gasteiger partial charge is 0.303 e. The van der Waals surface area contributed by atoms with Crippen LogP contribution in [0.3, 0.4) is 0 Å². The Bertz CT molecular complexity index is 803. The molecular formula is C18H20FN3O4. The summed E-state index contributed by atoms with van der Waals surface area (Å²) in [7, 11) is 0. The Morgan fingerprint density at radius 3 is 2.81 bits per heavy atom. The van der Waals surface area contributed by atoms with Gasteiger partial charge in [-0.25, -0.2) is 9.07 Å². The van der Waals surface area contributed by atoms with Gasteiger partial charge in [0.15, 0.2) is 0 Å². The van der Waals surface area contributed by atoms with Crippen LogP contribution in [0, 0.1) is 18.7 Å². The molecule has 1 fully saturated rings. The third-order valence-corrected chi connectivity index (χ3v) is 4.46. The molecule has 1 saturated heterocycles. The summed E-state index contributed by atoms with van der Waals surface area (Å²) in [5, 5.41) is 16.2. The van der Waals surface area contributed by atoms with Crippen molar-refractivity contribution >= 4 is 11.9 Å². The van der Waals surface area contributed by atoms with Crippen LogP contribution in [0.5, 0.6) is 0 Å². The number of ether oxygens (including phenoxy) is 1. The molecule has 0 bridgehead atoms. The number of carboxylic acids is 1. The molecule has 0 spiro atoms. The number of nitrogens with zero attached hydrogens (tertiary/aromatic N) is 2. The summed E-state index contributed by atoms with van der Waals surface area (Å²) in [5.74, 6) is -1.84. The summed E-state index contributed by atoms with van der Waals surface area (Å²) in [6.45, 7) is 2.51. The fourth-order valence-corrected chi connectivity index (χ4v) is 3.07. The van der Waals surface area contributed by atoms with Crippen LogP contribution in [0.2, 0.25) is 0 Å². The van der Waals surface area contributed by atoms with Crippen molar-refractivity contribution in [2.45, 2.75) is 25.8 Å². The van der Waals surface area contributed by atoms with Crippen molar-refractivity contribution in [3.05, 3.63) is 47.5 Å². The average Bonchev–Trinajstić information content (AvgIpc) is 2.99. The van der Waals surface area contributed by atoms with E-state index in [1.807, 2.05) is 0 Å². The molecular weight excluding hydrogens is 341 g/mol. The van der Waals surface area contributed by atoms with Crippen LogP contribution >= 0.6 is 0 Å². The number of hydrogen-bond donors (Lipinski definition) is 2. The Kier molecular flexibility index (Phi) is 5.32. The fourth-order valence-electron chi connectivity index (χ4n) is 3.07. The first-order valence-electron chi connectivity index (χ1n) is 8.36. The predicted molar refractivity (Wildman–Crippen MR) is 90.7 cm³/mol. The molecule has 0 saturated carbocycles. The number of aryl methyl sites for hydroxylation is 1. The number of carbonyl (C=O) groups excluding carboxylic acids is 1. The van der Waals surface area contributed by atoms with E-state index in [-0.39, 0.29) is 30.1 Å². The first-order valence-corrected chi connectivity index (χ1v) is 8.36. The number of amides is 1. The van der Waals surface area contributed by atoms with Gasteiger partial charge in [0.1, 0.15) is 5.82 Å². The Hall–Kier alpha value is -2.74. The minimum atomic E-state index is -0.917. The largest absolute Gasteiger partial charge is 0.481 e. The molecule has 0 radical (unpaired) electrons. The van der Waals surface area contributed by atoms with E-state index in [0.717, 1.165) is 0 Å². The molecule has 138 valence electrons. The van der Waals surface area contributed by atoms with Crippen LogP contribution in [-0.4, -0.2) is 46.0 Å². The van der Waals surface area contributed by atoms with E-state index in [0.29, 0.717) is 36.6 Å². The molecule has 7 nitrogen and oxygen atoms in total. The van der Waals surface area contributed by atoms with Gasteiger partial charge in [-0.1, -0.05) is 0 Å². The lowest BCUT2D eigenvalue weighted by molar-refractivity contribution is -0.139. The van der Waals surface area contributed by atoms with Crippen LogP contribution < -0.4 is 5.32 Å². The third kappa shape index (κ3) is 4.08.